The summed E-state index contributed by atoms with van der Waals surface area (Å²) in [5.74, 6) is 0.108. The molecule has 5 heteroatoms. The second kappa shape index (κ2) is 7.78. The van der Waals surface area contributed by atoms with Crippen molar-refractivity contribution in [2.45, 2.75) is 34.6 Å². The number of aryl methyl sites for hydroxylation is 2. The largest absolute Gasteiger partial charge is 0.427 e. The number of carbonyl (C=O) groups excluding carboxylic acids is 2. The lowest BCUT2D eigenvalue weighted by Gasteiger charge is -2.19. The molecule has 0 radical (unpaired) electrons. The van der Waals surface area contributed by atoms with Crippen LogP contribution in [0, 0.1) is 13.8 Å². The topological polar surface area (TPSA) is 58.6 Å². The number of anilines is 1. The van der Waals surface area contributed by atoms with Crippen LogP contribution in [0.25, 0.3) is 0 Å². The molecular weight excluding hydrogens is 268 g/mol. The Balaban J connectivity index is 2.84. The molecule has 5 nitrogen and oxygen atoms in total. The van der Waals surface area contributed by atoms with E-state index < -0.39 is 0 Å². The minimum absolute atomic E-state index is 0.0369. The molecule has 0 saturated heterocycles. The van der Waals surface area contributed by atoms with E-state index in [4.69, 9.17) is 4.74 Å². The van der Waals surface area contributed by atoms with E-state index in [-0.39, 0.29) is 11.9 Å². The van der Waals surface area contributed by atoms with E-state index in [1.54, 1.807) is 12.1 Å². The van der Waals surface area contributed by atoms with Gasteiger partial charge < -0.3 is 10.1 Å². The third-order valence-corrected chi connectivity index (χ3v) is 3.29. The Morgan fingerprint density at radius 3 is 2.10 bits per heavy atom. The molecule has 21 heavy (non-hydrogen) atoms. The van der Waals surface area contributed by atoms with Crippen molar-refractivity contribution in [1.82, 2.24) is 4.90 Å². The third kappa shape index (κ3) is 5.19. The van der Waals surface area contributed by atoms with Gasteiger partial charge >= 0.3 is 5.97 Å². The minimum Gasteiger partial charge on any atom is -0.427 e. The van der Waals surface area contributed by atoms with E-state index >= 15 is 0 Å². The highest BCUT2D eigenvalue weighted by Gasteiger charge is 2.12. The van der Waals surface area contributed by atoms with E-state index in [1.807, 2.05) is 32.6 Å². The highest BCUT2D eigenvalue weighted by atomic mass is 16.5. The quantitative estimate of drug-likeness (QED) is 0.646. The number of esters is 1. The van der Waals surface area contributed by atoms with Crippen molar-refractivity contribution in [3.8, 4) is 5.75 Å². The summed E-state index contributed by atoms with van der Waals surface area (Å²) in [4.78, 5) is 25.1. The molecule has 0 aliphatic rings. The van der Waals surface area contributed by atoms with Crippen LogP contribution >= 0.6 is 0 Å². The number of nitrogens with one attached hydrogen (secondary N) is 1. The number of ether oxygens (including phenoxy) is 1. The maximum absolute atomic E-state index is 12.1. The summed E-state index contributed by atoms with van der Waals surface area (Å²) in [6.07, 6.45) is 0. The van der Waals surface area contributed by atoms with Gasteiger partial charge in [-0.15, -0.1) is 0 Å². The smallest absolute Gasteiger partial charge is 0.308 e. The van der Waals surface area contributed by atoms with Gasteiger partial charge in [0.1, 0.15) is 5.75 Å². The fraction of sp³-hybridized carbons (Fsp3) is 0.500. The molecule has 1 rings (SSSR count). The molecule has 0 atom stereocenters. The predicted molar refractivity (Wildman–Crippen MR) is 83.6 cm³/mol. The van der Waals surface area contributed by atoms with Crippen molar-refractivity contribution < 1.29 is 14.3 Å². The van der Waals surface area contributed by atoms with Crippen LogP contribution in [0.1, 0.15) is 31.9 Å². The van der Waals surface area contributed by atoms with Gasteiger partial charge in [-0.3, -0.25) is 14.5 Å². The molecule has 116 valence electrons. The average Bonchev–Trinajstić information content (AvgIpc) is 2.39. The summed E-state index contributed by atoms with van der Waals surface area (Å²) in [6, 6.07) is 3.50. The van der Waals surface area contributed by atoms with Gasteiger partial charge in [0.15, 0.2) is 0 Å². The second-order valence-electron chi connectivity index (χ2n) is 5.04. The lowest BCUT2D eigenvalue weighted by Crippen LogP contribution is -2.33. The number of hydrogen-bond acceptors (Lipinski definition) is 4. The molecule has 0 aliphatic carbocycles. The minimum atomic E-state index is -0.355. The number of hydrogen-bond donors (Lipinski definition) is 1. The first-order valence-electron chi connectivity index (χ1n) is 7.19. The van der Waals surface area contributed by atoms with Crippen LogP contribution in [0.4, 0.5) is 5.69 Å². The standard InChI is InChI=1S/C16H24N2O3/c1-6-18(7-2)10-15(20)17-16-11(3)8-14(9-12(16)4)21-13(5)19/h8-9H,6-7,10H2,1-5H3,(H,17,20). The molecule has 0 heterocycles. The molecule has 0 fully saturated rings. The van der Waals surface area contributed by atoms with Gasteiger partial charge in [0.25, 0.3) is 0 Å². The van der Waals surface area contributed by atoms with Gasteiger partial charge in [0.05, 0.1) is 6.54 Å². The zero-order chi connectivity index (χ0) is 16.0. The molecule has 1 N–H and O–H groups in total. The fourth-order valence-corrected chi connectivity index (χ4v) is 2.18. The monoisotopic (exact) mass is 292 g/mol. The second-order valence-corrected chi connectivity index (χ2v) is 5.04. The number of carbonyl (C=O) groups is 2. The van der Waals surface area contributed by atoms with E-state index in [0.29, 0.717) is 12.3 Å². The molecule has 1 amide bonds. The van der Waals surface area contributed by atoms with Crippen LogP contribution in [0.15, 0.2) is 12.1 Å². The Morgan fingerprint density at radius 1 is 1.14 bits per heavy atom. The van der Waals surface area contributed by atoms with E-state index in [0.717, 1.165) is 29.9 Å². The van der Waals surface area contributed by atoms with E-state index in [2.05, 4.69) is 5.32 Å². The van der Waals surface area contributed by atoms with Crippen LogP contribution in [-0.4, -0.2) is 36.4 Å². The number of benzene rings is 1. The van der Waals surface area contributed by atoms with E-state index in [9.17, 15) is 9.59 Å². The summed E-state index contributed by atoms with van der Waals surface area (Å²) in [6.45, 7) is 11.2. The molecule has 0 aliphatic heterocycles. The normalized spacial score (nSPS) is 10.6. The molecule has 0 unspecified atom stereocenters. The SMILES string of the molecule is CCN(CC)CC(=O)Nc1c(C)cc(OC(C)=O)cc1C. The predicted octanol–water partition coefficient (Wildman–Crippen LogP) is 2.51. The maximum atomic E-state index is 12.1. The first-order valence-corrected chi connectivity index (χ1v) is 7.19. The molecule has 0 aromatic heterocycles. The first-order chi connectivity index (χ1) is 9.87. The number of nitrogens with zero attached hydrogens (tertiary/aromatic N) is 1. The van der Waals surface area contributed by atoms with Crippen LogP contribution in [0.5, 0.6) is 5.75 Å². The van der Waals surface area contributed by atoms with Crippen molar-refractivity contribution in [3.63, 3.8) is 0 Å². The number of rotatable bonds is 6. The lowest BCUT2D eigenvalue weighted by molar-refractivity contribution is -0.131. The van der Waals surface area contributed by atoms with Gasteiger partial charge in [-0.1, -0.05) is 13.8 Å². The summed E-state index contributed by atoms with van der Waals surface area (Å²) in [7, 11) is 0. The average molecular weight is 292 g/mol. The van der Waals surface area contributed by atoms with Gasteiger partial charge in [-0.2, -0.15) is 0 Å². The van der Waals surface area contributed by atoms with Crippen LogP contribution in [0.2, 0.25) is 0 Å². The van der Waals surface area contributed by atoms with Crippen molar-refractivity contribution in [2.24, 2.45) is 0 Å². The number of amides is 1. The fourth-order valence-electron chi connectivity index (χ4n) is 2.18. The van der Waals surface area contributed by atoms with Crippen molar-refractivity contribution in [3.05, 3.63) is 23.3 Å². The first kappa shape index (κ1) is 17.2. The summed E-state index contributed by atoms with van der Waals surface area (Å²) in [5, 5.41) is 2.94. The Hall–Kier alpha value is -1.88. The van der Waals surface area contributed by atoms with Gasteiger partial charge in [-0.05, 0) is 50.2 Å². The lowest BCUT2D eigenvalue weighted by atomic mass is 10.1. The van der Waals surface area contributed by atoms with Gasteiger partial charge in [0, 0.05) is 12.6 Å². The molecule has 0 bridgehead atoms. The Kier molecular flexibility index (Phi) is 6.37. The zero-order valence-corrected chi connectivity index (χ0v) is 13.4. The maximum Gasteiger partial charge on any atom is 0.308 e. The molecular formula is C16H24N2O3. The summed E-state index contributed by atoms with van der Waals surface area (Å²) < 4.78 is 5.08. The van der Waals surface area contributed by atoms with Gasteiger partial charge in [-0.25, -0.2) is 0 Å². The highest BCUT2D eigenvalue weighted by Crippen LogP contribution is 2.26. The summed E-state index contributed by atoms with van der Waals surface area (Å²) in [5.41, 5.74) is 2.53. The Bertz CT molecular complexity index is 499. The number of likely N-dealkylation sites (N-methyl/N-ethyl adjacent to an activating group) is 1. The van der Waals surface area contributed by atoms with Crippen LogP contribution in [0.3, 0.4) is 0 Å². The van der Waals surface area contributed by atoms with Crippen molar-refractivity contribution in [2.75, 3.05) is 25.0 Å². The van der Waals surface area contributed by atoms with Crippen LogP contribution in [-0.2, 0) is 9.59 Å². The van der Waals surface area contributed by atoms with Crippen LogP contribution < -0.4 is 10.1 Å². The Labute approximate surface area is 126 Å². The molecule has 1 aromatic carbocycles. The molecule has 1 aromatic rings. The summed E-state index contributed by atoms with van der Waals surface area (Å²) >= 11 is 0. The molecule has 0 spiro atoms. The van der Waals surface area contributed by atoms with Crippen molar-refractivity contribution >= 4 is 17.6 Å². The van der Waals surface area contributed by atoms with E-state index in [1.165, 1.54) is 6.92 Å². The van der Waals surface area contributed by atoms with Gasteiger partial charge in [0.2, 0.25) is 5.91 Å². The highest BCUT2D eigenvalue weighted by molar-refractivity contribution is 5.94. The molecule has 0 saturated carbocycles. The zero-order valence-electron chi connectivity index (χ0n) is 13.4. The van der Waals surface area contributed by atoms with Crippen molar-refractivity contribution in [1.29, 1.82) is 0 Å². The Morgan fingerprint density at radius 2 is 1.67 bits per heavy atom. The third-order valence-electron chi connectivity index (χ3n) is 3.29.